The molecule has 1 atom stereocenters. The lowest BCUT2D eigenvalue weighted by Gasteiger charge is -2.18. The molecule has 0 fully saturated rings. The van der Waals surface area contributed by atoms with Crippen molar-refractivity contribution < 1.29 is 9.50 Å². The number of aliphatic hydroxyl groups is 1. The van der Waals surface area contributed by atoms with Crippen molar-refractivity contribution in [3.05, 3.63) is 76.4 Å². The average molecular weight is 493 g/mol. The van der Waals surface area contributed by atoms with E-state index in [1.54, 1.807) is 26.2 Å². The van der Waals surface area contributed by atoms with Gasteiger partial charge in [0.05, 0.1) is 22.4 Å². The molecule has 0 aliphatic heterocycles. The molecule has 0 aliphatic rings. The Bertz CT molecular complexity index is 1300. The highest BCUT2D eigenvalue weighted by Crippen LogP contribution is 2.36. The molecule has 0 unspecified atom stereocenters. The normalized spacial score (nSPS) is 12.7. The molecule has 2 N–H and O–H groups in total. The fourth-order valence-electron chi connectivity index (χ4n) is 3.11. The largest absolute Gasteiger partial charge is 0.382 e. The minimum atomic E-state index is -1.14. The fraction of sp³-hybridized carbons (Fsp3) is 0.182. The first-order valence-electron chi connectivity index (χ1n) is 9.48. The Morgan fingerprint density at radius 3 is 2.38 bits per heavy atom. The zero-order valence-corrected chi connectivity index (χ0v) is 19.2. The maximum atomic E-state index is 14.2. The van der Waals surface area contributed by atoms with Gasteiger partial charge in [0.2, 0.25) is 0 Å². The van der Waals surface area contributed by atoms with Crippen molar-refractivity contribution in [2.45, 2.75) is 24.9 Å². The number of nitrogens with one attached hydrogen (secondary N) is 1. The van der Waals surface area contributed by atoms with E-state index >= 15 is 0 Å². The summed E-state index contributed by atoms with van der Waals surface area (Å²) < 4.78 is 14.2. The number of hydrogen-bond donors (Lipinski definition) is 2. The summed E-state index contributed by atoms with van der Waals surface area (Å²) in [6.07, 6.45) is 5.76. The second kappa shape index (κ2) is 8.75. The van der Waals surface area contributed by atoms with Crippen molar-refractivity contribution in [3.8, 4) is 11.1 Å². The Labute approximate surface area is 198 Å². The number of anilines is 1. The standard InChI is InChI=1S/C22H17Cl3FN5O/c1-22(2,32)21-29-7-12(8-30-21)11-3-4-17-14(5-11)19(15(23)9-27-17)31-20(25)13-6-18(24)28-10-16(13)26/h3-10,20,32H,1-2H3,(H,27,31)/t20-/m0/s1. The molecule has 0 radical (unpaired) electrons. The van der Waals surface area contributed by atoms with Gasteiger partial charge in [-0.3, -0.25) is 4.98 Å². The van der Waals surface area contributed by atoms with Gasteiger partial charge < -0.3 is 10.4 Å². The van der Waals surface area contributed by atoms with Crippen LogP contribution in [0, 0.1) is 5.82 Å². The van der Waals surface area contributed by atoms with Crippen LogP contribution in [-0.2, 0) is 5.60 Å². The van der Waals surface area contributed by atoms with Crippen LogP contribution in [-0.4, -0.2) is 25.0 Å². The molecule has 0 saturated heterocycles. The van der Waals surface area contributed by atoms with E-state index in [0.717, 1.165) is 17.3 Å². The van der Waals surface area contributed by atoms with Crippen molar-refractivity contribution in [3.63, 3.8) is 0 Å². The van der Waals surface area contributed by atoms with Gasteiger partial charge in [0.15, 0.2) is 5.82 Å². The molecule has 0 saturated carbocycles. The van der Waals surface area contributed by atoms with Crippen LogP contribution in [0.4, 0.5) is 10.1 Å². The summed E-state index contributed by atoms with van der Waals surface area (Å²) in [6, 6.07) is 6.91. The summed E-state index contributed by atoms with van der Waals surface area (Å²) in [7, 11) is 0. The summed E-state index contributed by atoms with van der Waals surface area (Å²) in [5.74, 6) is -0.279. The molecule has 32 heavy (non-hydrogen) atoms. The first kappa shape index (κ1) is 22.6. The Hall–Kier alpha value is -2.58. The number of alkyl halides is 1. The van der Waals surface area contributed by atoms with E-state index in [1.165, 1.54) is 12.3 Å². The van der Waals surface area contributed by atoms with Crippen LogP contribution in [0.5, 0.6) is 0 Å². The lowest BCUT2D eigenvalue weighted by Crippen LogP contribution is -2.19. The second-order valence-electron chi connectivity index (χ2n) is 7.60. The van der Waals surface area contributed by atoms with Crippen LogP contribution in [0.3, 0.4) is 0 Å². The summed E-state index contributed by atoms with van der Waals surface area (Å²) in [4.78, 5) is 16.6. The van der Waals surface area contributed by atoms with Crippen LogP contribution in [0.15, 0.2) is 49.1 Å². The smallest absolute Gasteiger partial charge is 0.159 e. The highest BCUT2D eigenvalue weighted by atomic mass is 35.5. The van der Waals surface area contributed by atoms with Crippen LogP contribution in [0.25, 0.3) is 22.0 Å². The molecule has 0 amide bonds. The number of benzene rings is 1. The topological polar surface area (TPSA) is 83.8 Å². The number of nitrogens with zero attached hydrogens (tertiary/aromatic N) is 4. The molecule has 4 aromatic rings. The van der Waals surface area contributed by atoms with Gasteiger partial charge in [0.1, 0.15) is 22.1 Å². The van der Waals surface area contributed by atoms with Crippen molar-refractivity contribution >= 4 is 51.4 Å². The molecule has 164 valence electrons. The summed E-state index contributed by atoms with van der Waals surface area (Å²) in [6.45, 7) is 3.23. The highest BCUT2D eigenvalue weighted by molar-refractivity contribution is 6.35. The van der Waals surface area contributed by atoms with Gasteiger partial charge >= 0.3 is 0 Å². The predicted molar refractivity (Wildman–Crippen MR) is 124 cm³/mol. The van der Waals surface area contributed by atoms with Crippen molar-refractivity contribution in [1.82, 2.24) is 19.9 Å². The molecule has 4 rings (SSSR count). The molecule has 0 bridgehead atoms. The number of aromatic nitrogens is 4. The molecule has 10 heteroatoms. The number of fused-ring (bicyclic) bond motifs is 1. The first-order valence-corrected chi connectivity index (χ1v) is 10.7. The summed E-state index contributed by atoms with van der Waals surface area (Å²) >= 11 is 18.7. The van der Waals surface area contributed by atoms with Gasteiger partial charge in [-0.25, -0.2) is 19.3 Å². The lowest BCUT2D eigenvalue weighted by atomic mass is 10.0. The maximum absolute atomic E-state index is 14.2. The minimum Gasteiger partial charge on any atom is -0.382 e. The Balaban J connectivity index is 1.75. The molecule has 3 aromatic heterocycles. The number of rotatable bonds is 5. The monoisotopic (exact) mass is 491 g/mol. The zero-order valence-electron chi connectivity index (χ0n) is 16.9. The van der Waals surface area contributed by atoms with Crippen LogP contribution < -0.4 is 5.32 Å². The Morgan fingerprint density at radius 2 is 1.69 bits per heavy atom. The van der Waals surface area contributed by atoms with E-state index in [0.29, 0.717) is 27.4 Å². The van der Waals surface area contributed by atoms with Crippen LogP contribution >= 0.6 is 34.8 Å². The van der Waals surface area contributed by atoms with E-state index in [4.69, 9.17) is 34.8 Å². The van der Waals surface area contributed by atoms with Crippen molar-refractivity contribution in [1.29, 1.82) is 0 Å². The molecular weight excluding hydrogens is 476 g/mol. The first-order chi connectivity index (χ1) is 15.1. The van der Waals surface area contributed by atoms with Gasteiger partial charge in [-0.15, -0.1) is 0 Å². The maximum Gasteiger partial charge on any atom is 0.159 e. The molecular formula is C22H17Cl3FN5O. The van der Waals surface area contributed by atoms with E-state index in [9.17, 15) is 9.50 Å². The number of halogens is 4. The predicted octanol–water partition coefficient (Wildman–Crippen LogP) is 6.11. The van der Waals surface area contributed by atoms with E-state index in [2.05, 4.69) is 25.3 Å². The summed E-state index contributed by atoms with van der Waals surface area (Å²) in [5.41, 5.74) is 0.718. The van der Waals surface area contributed by atoms with Gasteiger partial charge in [-0.2, -0.15) is 0 Å². The van der Waals surface area contributed by atoms with Crippen molar-refractivity contribution in [2.24, 2.45) is 0 Å². The SMILES string of the molecule is CC(C)(O)c1ncc(-c2ccc3ncc(Cl)c(N[C@H](Cl)c4cc(Cl)ncc4F)c3c2)cn1. The number of pyridine rings is 2. The molecule has 6 nitrogen and oxygen atoms in total. The summed E-state index contributed by atoms with van der Waals surface area (Å²) in [5, 5.41) is 14.2. The van der Waals surface area contributed by atoms with Gasteiger partial charge in [-0.1, -0.05) is 40.9 Å². The molecule has 1 aromatic carbocycles. The quantitative estimate of drug-likeness (QED) is 0.199. The molecule has 3 heterocycles. The van der Waals surface area contributed by atoms with Gasteiger partial charge in [0, 0.05) is 35.1 Å². The van der Waals surface area contributed by atoms with E-state index < -0.39 is 16.9 Å². The van der Waals surface area contributed by atoms with Gasteiger partial charge in [0.25, 0.3) is 0 Å². The third-order valence-electron chi connectivity index (χ3n) is 4.75. The van der Waals surface area contributed by atoms with Crippen molar-refractivity contribution in [2.75, 3.05) is 5.32 Å². The molecule has 0 aliphatic carbocycles. The average Bonchev–Trinajstić information content (AvgIpc) is 2.76. The number of hydrogen-bond acceptors (Lipinski definition) is 6. The third kappa shape index (κ3) is 4.61. The Kier molecular flexibility index (Phi) is 6.18. The Morgan fingerprint density at radius 1 is 0.969 bits per heavy atom. The van der Waals surface area contributed by atoms with E-state index in [1.807, 2.05) is 18.2 Å². The fourth-order valence-corrected chi connectivity index (χ4v) is 3.76. The molecule has 0 spiro atoms. The third-order valence-corrected chi connectivity index (χ3v) is 5.59. The van der Waals surface area contributed by atoms with Crippen LogP contribution in [0.1, 0.15) is 30.7 Å². The zero-order chi connectivity index (χ0) is 23.0. The minimum absolute atomic E-state index is 0.122. The van der Waals surface area contributed by atoms with Crippen LogP contribution in [0.2, 0.25) is 10.2 Å². The second-order valence-corrected chi connectivity index (χ2v) is 8.83. The van der Waals surface area contributed by atoms with Gasteiger partial charge in [-0.05, 0) is 37.6 Å². The van der Waals surface area contributed by atoms with E-state index in [-0.39, 0.29) is 10.7 Å². The lowest BCUT2D eigenvalue weighted by molar-refractivity contribution is 0.0687. The highest BCUT2D eigenvalue weighted by Gasteiger charge is 2.20.